The summed E-state index contributed by atoms with van der Waals surface area (Å²) in [5.41, 5.74) is 0. The molecule has 0 fully saturated rings. The van der Waals surface area contributed by atoms with Crippen LogP contribution in [0.25, 0.3) is 0 Å². The predicted molar refractivity (Wildman–Crippen MR) is 58.4 cm³/mol. The molecular formula is C11H10O4S. The number of rotatable bonds is 3. The standard InChI is InChI=1S/C11H10O4S/c1-14-11(13)8-5-4-7(15-8)10(12)9-3-2-6-16-9/h2-6,10,12H,1H3. The van der Waals surface area contributed by atoms with Crippen molar-refractivity contribution < 1.29 is 19.1 Å². The van der Waals surface area contributed by atoms with Gasteiger partial charge in [-0.3, -0.25) is 0 Å². The lowest BCUT2D eigenvalue weighted by Gasteiger charge is -2.03. The van der Waals surface area contributed by atoms with Crippen LogP contribution in [-0.4, -0.2) is 18.2 Å². The summed E-state index contributed by atoms with van der Waals surface area (Å²) in [5, 5.41) is 11.8. The maximum Gasteiger partial charge on any atom is 0.373 e. The number of carbonyl (C=O) groups is 1. The lowest BCUT2D eigenvalue weighted by molar-refractivity contribution is 0.0558. The zero-order chi connectivity index (χ0) is 11.5. The minimum Gasteiger partial charge on any atom is -0.463 e. The Hall–Kier alpha value is -1.59. The van der Waals surface area contributed by atoms with Crippen LogP contribution in [-0.2, 0) is 4.74 Å². The van der Waals surface area contributed by atoms with Gasteiger partial charge in [0.2, 0.25) is 5.76 Å². The maximum atomic E-state index is 11.1. The number of carbonyl (C=O) groups excluding carboxylic acids is 1. The lowest BCUT2D eigenvalue weighted by atomic mass is 10.2. The molecule has 0 aliphatic carbocycles. The highest BCUT2D eigenvalue weighted by atomic mass is 32.1. The molecule has 1 atom stereocenters. The molecule has 0 aliphatic heterocycles. The maximum absolute atomic E-state index is 11.1. The number of aliphatic hydroxyl groups is 1. The zero-order valence-corrected chi connectivity index (χ0v) is 9.36. The van der Waals surface area contributed by atoms with E-state index in [0.717, 1.165) is 4.88 Å². The second-order valence-electron chi connectivity index (χ2n) is 3.11. The first-order valence-electron chi connectivity index (χ1n) is 4.62. The van der Waals surface area contributed by atoms with Gasteiger partial charge in [0.05, 0.1) is 7.11 Å². The summed E-state index contributed by atoms with van der Waals surface area (Å²) in [4.78, 5) is 11.9. The van der Waals surface area contributed by atoms with Crippen molar-refractivity contribution in [2.45, 2.75) is 6.10 Å². The van der Waals surface area contributed by atoms with Crippen LogP contribution in [0.3, 0.4) is 0 Å². The minimum atomic E-state index is -0.835. The molecule has 0 aromatic carbocycles. The molecule has 0 bridgehead atoms. The number of methoxy groups -OCH3 is 1. The topological polar surface area (TPSA) is 59.7 Å². The average molecular weight is 238 g/mol. The van der Waals surface area contributed by atoms with E-state index in [1.807, 2.05) is 11.4 Å². The fraction of sp³-hybridized carbons (Fsp3) is 0.182. The number of aliphatic hydroxyl groups excluding tert-OH is 1. The smallest absolute Gasteiger partial charge is 0.373 e. The Kier molecular flexibility index (Phi) is 3.07. The van der Waals surface area contributed by atoms with Crippen LogP contribution in [0.5, 0.6) is 0 Å². The Morgan fingerprint density at radius 3 is 2.94 bits per heavy atom. The van der Waals surface area contributed by atoms with E-state index in [4.69, 9.17) is 4.42 Å². The summed E-state index contributed by atoms with van der Waals surface area (Å²) >= 11 is 1.42. The normalized spacial score (nSPS) is 12.4. The first-order chi connectivity index (χ1) is 7.72. The van der Waals surface area contributed by atoms with Crippen molar-refractivity contribution in [3.63, 3.8) is 0 Å². The molecule has 0 amide bonds. The molecule has 0 radical (unpaired) electrons. The fourth-order valence-corrected chi connectivity index (χ4v) is 2.01. The summed E-state index contributed by atoms with van der Waals surface area (Å²) in [6.07, 6.45) is -0.835. The largest absolute Gasteiger partial charge is 0.463 e. The zero-order valence-electron chi connectivity index (χ0n) is 8.54. The van der Waals surface area contributed by atoms with E-state index in [1.54, 1.807) is 12.1 Å². The SMILES string of the molecule is COC(=O)c1ccc(C(O)c2cccs2)o1. The summed E-state index contributed by atoms with van der Waals surface area (Å²) in [6, 6.07) is 6.69. The van der Waals surface area contributed by atoms with Gasteiger partial charge in [-0.05, 0) is 23.6 Å². The number of furan rings is 1. The van der Waals surface area contributed by atoms with Crippen LogP contribution < -0.4 is 0 Å². The highest BCUT2D eigenvalue weighted by Gasteiger charge is 2.18. The van der Waals surface area contributed by atoms with Crippen LogP contribution in [0.15, 0.2) is 34.1 Å². The van der Waals surface area contributed by atoms with Gasteiger partial charge < -0.3 is 14.3 Å². The molecule has 0 aliphatic rings. The van der Waals surface area contributed by atoms with Gasteiger partial charge in [-0.25, -0.2) is 4.79 Å². The number of thiophene rings is 1. The number of hydrogen-bond acceptors (Lipinski definition) is 5. The van der Waals surface area contributed by atoms with E-state index >= 15 is 0 Å². The third-order valence-corrected chi connectivity index (χ3v) is 3.02. The van der Waals surface area contributed by atoms with Crippen molar-refractivity contribution in [3.05, 3.63) is 46.0 Å². The van der Waals surface area contributed by atoms with E-state index < -0.39 is 12.1 Å². The first kappa shape index (κ1) is 10.9. The van der Waals surface area contributed by atoms with Gasteiger partial charge in [-0.2, -0.15) is 0 Å². The predicted octanol–water partition coefficient (Wildman–Crippen LogP) is 2.21. The Balaban J connectivity index is 2.22. The average Bonchev–Trinajstić information content (AvgIpc) is 2.97. The molecule has 2 heterocycles. The molecule has 16 heavy (non-hydrogen) atoms. The monoisotopic (exact) mass is 238 g/mol. The molecule has 0 spiro atoms. The number of hydrogen-bond donors (Lipinski definition) is 1. The van der Waals surface area contributed by atoms with Gasteiger partial charge in [0.25, 0.3) is 0 Å². The van der Waals surface area contributed by atoms with Gasteiger partial charge >= 0.3 is 5.97 Å². The van der Waals surface area contributed by atoms with E-state index in [9.17, 15) is 9.90 Å². The molecule has 0 saturated heterocycles. The Morgan fingerprint density at radius 2 is 2.31 bits per heavy atom. The van der Waals surface area contributed by atoms with Gasteiger partial charge in [0, 0.05) is 4.88 Å². The van der Waals surface area contributed by atoms with E-state index in [2.05, 4.69) is 4.74 Å². The van der Waals surface area contributed by atoms with Crippen LogP contribution in [0.4, 0.5) is 0 Å². The first-order valence-corrected chi connectivity index (χ1v) is 5.50. The van der Waals surface area contributed by atoms with E-state index in [0.29, 0.717) is 5.76 Å². The molecule has 2 rings (SSSR count). The highest BCUT2D eigenvalue weighted by Crippen LogP contribution is 2.27. The Morgan fingerprint density at radius 1 is 1.50 bits per heavy atom. The van der Waals surface area contributed by atoms with Gasteiger partial charge in [0.1, 0.15) is 11.9 Å². The van der Waals surface area contributed by atoms with Crippen LogP contribution in [0, 0.1) is 0 Å². The molecule has 0 saturated carbocycles. The molecule has 2 aromatic rings. The molecule has 4 nitrogen and oxygen atoms in total. The van der Waals surface area contributed by atoms with Crippen molar-refractivity contribution in [2.24, 2.45) is 0 Å². The van der Waals surface area contributed by atoms with Gasteiger partial charge in [0.15, 0.2) is 0 Å². The molecule has 2 aromatic heterocycles. The van der Waals surface area contributed by atoms with Crippen LogP contribution in [0.1, 0.15) is 27.3 Å². The van der Waals surface area contributed by atoms with Crippen molar-refractivity contribution in [2.75, 3.05) is 7.11 Å². The summed E-state index contributed by atoms with van der Waals surface area (Å²) in [7, 11) is 1.28. The van der Waals surface area contributed by atoms with Crippen molar-refractivity contribution >= 4 is 17.3 Å². The van der Waals surface area contributed by atoms with E-state index in [1.165, 1.54) is 24.5 Å². The molecule has 1 unspecified atom stereocenters. The number of esters is 1. The fourth-order valence-electron chi connectivity index (χ4n) is 1.30. The second-order valence-corrected chi connectivity index (χ2v) is 4.09. The lowest BCUT2D eigenvalue weighted by Crippen LogP contribution is -1.99. The van der Waals surface area contributed by atoms with Crippen molar-refractivity contribution in [3.8, 4) is 0 Å². The van der Waals surface area contributed by atoms with Gasteiger partial charge in [-0.1, -0.05) is 6.07 Å². The third-order valence-electron chi connectivity index (χ3n) is 2.10. The van der Waals surface area contributed by atoms with Crippen LogP contribution in [0.2, 0.25) is 0 Å². The molecule has 84 valence electrons. The summed E-state index contributed by atoms with van der Waals surface area (Å²) in [6.45, 7) is 0. The summed E-state index contributed by atoms with van der Waals surface area (Å²) < 4.78 is 9.71. The Bertz CT molecular complexity index is 472. The van der Waals surface area contributed by atoms with E-state index in [-0.39, 0.29) is 5.76 Å². The molecule has 1 N–H and O–H groups in total. The molecule has 5 heteroatoms. The van der Waals surface area contributed by atoms with Crippen molar-refractivity contribution in [1.29, 1.82) is 0 Å². The number of ether oxygens (including phenoxy) is 1. The second kappa shape index (κ2) is 4.51. The molecular weight excluding hydrogens is 228 g/mol. The minimum absolute atomic E-state index is 0.0908. The van der Waals surface area contributed by atoms with Crippen molar-refractivity contribution in [1.82, 2.24) is 0 Å². The van der Waals surface area contributed by atoms with Crippen LogP contribution >= 0.6 is 11.3 Å². The highest BCUT2D eigenvalue weighted by molar-refractivity contribution is 7.10. The third kappa shape index (κ3) is 2.00. The quantitative estimate of drug-likeness (QED) is 0.833. The van der Waals surface area contributed by atoms with Gasteiger partial charge in [-0.15, -0.1) is 11.3 Å². The summed E-state index contributed by atoms with van der Waals surface area (Å²) in [5.74, 6) is -0.124. The Labute approximate surface area is 96.1 Å².